The predicted molar refractivity (Wildman–Crippen MR) is 61.2 cm³/mol. The normalized spacial score (nSPS) is 11.0. The van der Waals surface area contributed by atoms with Crippen LogP contribution in [0.3, 0.4) is 0 Å². The van der Waals surface area contributed by atoms with E-state index < -0.39 is 0 Å². The molecule has 5 heteroatoms. The summed E-state index contributed by atoms with van der Waals surface area (Å²) in [6, 6.07) is 10.5. The van der Waals surface area contributed by atoms with Crippen molar-refractivity contribution in [2.45, 2.75) is 0 Å². The van der Waals surface area contributed by atoms with Crippen LogP contribution < -0.4 is 11.3 Å². The maximum Gasteiger partial charge on any atom is 0.282 e. The van der Waals surface area contributed by atoms with Gasteiger partial charge in [0.15, 0.2) is 5.65 Å². The van der Waals surface area contributed by atoms with E-state index in [1.54, 1.807) is 30.3 Å². The van der Waals surface area contributed by atoms with Crippen molar-refractivity contribution < 1.29 is 0 Å². The van der Waals surface area contributed by atoms with Gasteiger partial charge in [-0.2, -0.15) is 4.52 Å². The molecule has 16 heavy (non-hydrogen) atoms. The highest BCUT2D eigenvalue weighted by Crippen LogP contribution is 2.08. The summed E-state index contributed by atoms with van der Waals surface area (Å²) >= 11 is 0. The number of fused-ring (bicyclic) bond motifs is 2. The summed E-state index contributed by atoms with van der Waals surface area (Å²) in [7, 11) is 0. The molecule has 2 aromatic heterocycles. The van der Waals surface area contributed by atoms with E-state index in [1.807, 2.05) is 6.07 Å². The molecular formula is C11H8N4O. The fourth-order valence-corrected chi connectivity index (χ4v) is 1.65. The van der Waals surface area contributed by atoms with E-state index in [0.717, 1.165) is 0 Å². The number of benzene rings is 1. The fraction of sp³-hybridized carbons (Fsp3) is 0. The lowest BCUT2D eigenvalue weighted by atomic mass is 10.2. The first kappa shape index (κ1) is 8.84. The van der Waals surface area contributed by atoms with Crippen LogP contribution in [0.25, 0.3) is 16.6 Å². The number of nitrogens with two attached hydrogens (primary N) is 1. The van der Waals surface area contributed by atoms with Gasteiger partial charge in [0.2, 0.25) is 0 Å². The minimum absolute atomic E-state index is 0.201. The van der Waals surface area contributed by atoms with Gasteiger partial charge in [-0.3, -0.25) is 4.79 Å². The third-order valence-corrected chi connectivity index (χ3v) is 2.40. The lowest BCUT2D eigenvalue weighted by Gasteiger charge is -2.02. The zero-order chi connectivity index (χ0) is 11.1. The zero-order valence-corrected chi connectivity index (χ0v) is 8.29. The standard InChI is InChI=1S/C11H8N4O/c12-9-5-6-10-13-8-4-2-1-3-7(8)11(16)15(10)14-9/h1-6H,(H2,12,14). The molecule has 0 bridgehead atoms. The highest BCUT2D eigenvalue weighted by Gasteiger charge is 2.05. The van der Waals surface area contributed by atoms with Crippen molar-refractivity contribution in [2.24, 2.45) is 0 Å². The molecule has 3 rings (SSSR count). The van der Waals surface area contributed by atoms with Crippen molar-refractivity contribution in [3.05, 3.63) is 46.8 Å². The molecule has 0 aliphatic heterocycles. The number of anilines is 1. The highest BCUT2D eigenvalue weighted by molar-refractivity contribution is 5.79. The Hall–Kier alpha value is -2.43. The van der Waals surface area contributed by atoms with Gasteiger partial charge in [0, 0.05) is 0 Å². The summed E-state index contributed by atoms with van der Waals surface area (Å²) in [6.07, 6.45) is 0. The lowest BCUT2D eigenvalue weighted by molar-refractivity contribution is 0.889. The van der Waals surface area contributed by atoms with Crippen molar-refractivity contribution in [1.82, 2.24) is 14.6 Å². The van der Waals surface area contributed by atoms with Gasteiger partial charge in [0.1, 0.15) is 5.82 Å². The van der Waals surface area contributed by atoms with Crippen LogP contribution in [0.1, 0.15) is 0 Å². The van der Waals surface area contributed by atoms with E-state index in [9.17, 15) is 4.79 Å². The molecule has 2 heterocycles. The van der Waals surface area contributed by atoms with Crippen molar-refractivity contribution in [2.75, 3.05) is 5.73 Å². The average Bonchev–Trinajstić information content (AvgIpc) is 2.31. The minimum Gasteiger partial charge on any atom is -0.382 e. The third-order valence-electron chi connectivity index (χ3n) is 2.40. The molecule has 0 saturated carbocycles. The van der Waals surface area contributed by atoms with Crippen molar-refractivity contribution in [3.63, 3.8) is 0 Å². The summed E-state index contributed by atoms with van der Waals surface area (Å²) in [6.45, 7) is 0. The molecule has 0 spiro atoms. The van der Waals surface area contributed by atoms with Crippen LogP contribution >= 0.6 is 0 Å². The van der Waals surface area contributed by atoms with E-state index in [-0.39, 0.29) is 5.56 Å². The summed E-state index contributed by atoms with van der Waals surface area (Å²) in [5.74, 6) is 0.298. The summed E-state index contributed by atoms with van der Waals surface area (Å²) in [4.78, 5) is 16.4. The number of aromatic nitrogens is 3. The van der Waals surface area contributed by atoms with Crippen LogP contribution in [0, 0.1) is 0 Å². The first-order valence-electron chi connectivity index (χ1n) is 4.80. The number of hydrogen-bond donors (Lipinski definition) is 1. The largest absolute Gasteiger partial charge is 0.382 e. The van der Waals surface area contributed by atoms with Crippen molar-refractivity contribution in [1.29, 1.82) is 0 Å². The summed E-state index contributed by atoms with van der Waals surface area (Å²) < 4.78 is 1.22. The number of hydrogen-bond acceptors (Lipinski definition) is 4. The van der Waals surface area contributed by atoms with Gasteiger partial charge >= 0.3 is 0 Å². The molecule has 0 atom stereocenters. The first-order chi connectivity index (χ1) is 7.75. The van der Waals surface area contributed by atoms with Gasteiger partial charge in [-0.15, -0.1) is 5.10 Å². The third kappa shape index (κ3) is 1.15. The monoisotopic (exact) mass is 212 g/mol. The Kier molecular flexibility index (Phi) is 1.67. The molecule has 2 N–H and O–H groups in total. The molecule has 0 saturated heterocycles. The Morgan fingerprint density at radius 3 is 2.81 bits per heavy atom. The fourth-order valence-electron chi connectivity index (χ4n) is 1.65. The van der Waals surface area contributed by atoms with Crippen LogP contribution in [0.2, 0.25) is 0 Å². The molecule has 0 radical (unpaired) electrons. The van der Waals surface area contributed by atoms with E-state index in [0.29, 0.717) is 22.4 Å². The molecule has 0 aliphatic carbocycles. The van der Waals surface area contributed by atoms with Crippen LogP contribution in [0.15, 0.2) is 41.2 Å². The average molecular weight is 212 g/mol. The summed E-state index contributed by atoms with van der Waals surface area (Å²) in [5.41, 5.74) is 6.50. The Labute approximate surface area is 90.2 Å². The molecule has 3 aromatic rings. The maximum atomic E-state index is 12.0. The second-order valence-electron chi connectivity index (χ2n) is 3.46. The van der Waals surface area contributed by atoms with Gasteiger partial charge in [-0.1, -0.05) is 12.1 Å². The number of nitrogen functional groups attached to an aromatic ring is 1. The molecule has 0 aliphatic rings. The number of para-hydroxylation sites is 1. The second-order valence-corrected chi connectivity index (χ2v) is 3.46. The Bertz CT molecular complexity index is 748. The maximum absolute atomic E-state index is 12.0. The van der Waals surface area contributed by atoms with Gasteiger partial charge in [-0.05, 0) is 24.3 Å². The molecule has 0 unspecified atom stereocenters. The first-order valence-corrected chi connectivity index (χ1v) is 4.80. The molecular weight excluding hydrogens is 204 g/mol. The minimum atomic E-state index is -0.201. The predicted octanol–water partition coefficient (Wildman–Crippen LogP) is 0.825. The summed E-state index contributed by atoms with van der Waals surface area (Å²) in [5, 5.41) is 4.48. The van der Waals surface area contributed by atoms with Crippen LogP contribution in [-0.2, 0) is 0 Å². The van der Waals surface area contributed by atoms with Gasteiger partial charge in [0.05, 0.1) is 10.9 Å². The molecule has 0 amide bonds. The topological polar surface area (TPSA) is 73.3 Å². The van der Waals surface area contributed by atoms with E-state index >= 15 is 0 Å². The van der Waals surface area contributed by atoms with E-state index in [2.05, 4.69) is 10.1 Å². The van der Waals surface area contributed by atoms with Gasteiger partial charge in [-0.25, -0.2) is 4.98 Å². The van der Waals surface area contributed by atoms with Crippen LogP contribution in [0.4, 0.5) is 5.82 Å². The Morgan fingerprint density at radius 2 is 1.94 bits per heavy atom. The Morgan fingerprint density at radius 1 is 1.12 bits per heavy atom. The molecule has 0 fully saturated rings. The molecule has 5 nitrogen and oxygen atoms in total. The molecule has 1 aromatic carbocycles. The van der Waals surface area contributed by atoms with E-state index in [1.165, 1.54) is 4.52 Å². The number of rotatable bonds is 0. The quantitative estimate of drug-likeness (QED) is 0.560. The smallest absolute Gasteiger partial charge is 0.282 e. The SMILES string of the molecule is Nc1ccc2nc3ccccc3c(=O)n2n1. The van der Waals surface area contributed by atoms with Crippen LogP contribution in [-0.4, -0.2) is 14.6 Å². The lowest BCUT2D eigenvalue weighted by Crippen LogP contribution is -2.18. The second kappa shape index (κ2) is 3.03. The van der Waals surface area contributed by atoms with Gasteiger partial charge < -0.3 is 5.73 Å². The zero-order valence-electron chi connectivity index (χ0n) is 8.29. The van der Waals surface area contributed by atoms with Crippen molar-refractivity contribution in [3.8, 4) is 0 Å². The number of nitrogens with zero attached hydrogens (tertiary/aromatic N) is 3. The van der Waals surface area contributed by atoms with Crippen LogP contribution in [0.5, 0.6) is 0 Å². The molecule has 78 valence electrons. The van der Waals surface area contributed by atoms with Crippen molar-refractivity contribution >= 4 is 22.4 Å². The van der Waals surface area contributed by atoms with Gasteiger partial charge in [0.25, 0.3) is 5.56 Å². The highest BCUT2D eigenvalue weighted by atomic mass is 16.1. The van der Waals surface area contributed by atoms with E-state index in [4.69, 9.17) is 5.73 Å². The Balaban J connectivity index is 2.61.